The first-order chi connectivity index (χ1) is 12.7. The number of pyridine rings is 1. The Hall–Kier alpha value is -2.22. The van der Waals surface area contributed by atoms with E-state index in [-0.39, 0.29) is 11.9 Å². The van der Waals surface area contributed by atoms with Crippen LogP contribution in [0, 0.1) is 5.92 Å². The number of aromatic nitrogens is 3. The van der Waals surface area contributed by atoms with Crippen molar-refractivity contribution in [1.82, 2.24) is 19.9 Å². The van der Waals surface area contributed by atoms with Crippen LogP contribution in [0.5, 0.6) is 5.75 Å². The lowest BCUT2D eigenvalue weighted by atomic mass is 9.92. The zero-order chi connectivity index (χ0) is 18.1. The average molecular weight is 418 g/mol. The Morgan fingerprint density at radius 3 is 2.69 bits per heavy atom. The number of halogens is 1. The fourth-order valence-corrected chi connectivity index (χ4v) is 4.21. The van der Waals surface area contributed by atoms with E-state index in [1.54, 1.807) is 31.9 Å². The third-order valence-corrected chi connectivity index (χ3v) is 5.64. The fraction of sp³-hybridized carbons (Fsp3) is 0.444. The molecule has 4 heterocycles. The van der Waals surface area contributed by atoms with Gasteiger partial charge in [-0.1, -0.05) is 0 Å². The molecule has 2 fully saturated rings. The number of anilines is 1. The highest BCUT2D eigenvalue weighted by molar-refractivity contribution is 9.10. The minimum atomic E-state index is 0.0452. The van der Waals surface area contributed by atoms with Crippen LogP contribution in [-0.4, -0.2) is 58.5 Å². The first-order valence-electron chi connectivity index (χ1n) is 8.68. The summed E-state index contributed by atoms with van der Waals surface area (Å²) < 4.78 is 5.94. The van der Waals surface area contributed by atoms with Crippen molar-refractivity contribution in [3.63, 3.8) is 0 Å². The highest BCUT2D eigenvalue weighted by atomic mass is 79.9. The molecule has 2 saturated heterocycles. The van der Waals surface area contributed by atoms with E-state index in [2.05, 4.69) is 35.8 Å². The number of hydrogen-bond donors (Lipinski definition) is 0. The van der Waals surface area contributed by atoms with Crippen molar-refractivity contribution < 1.29 is 9.53 Å². The van der Waals surface area contributed by atoms with Crippen LogP contribution in [0.15, 0.2) is 35.3 Å². The van der Waals surface area contributed by atoms with Gasteiger partial charge in [0.05, 0.1) is 31.1 Å². The van der Waals surface area contributed by atoms with Gasteiger partial charge < -0.3 is 14.5 Å². The van der Waals surface area contributed by atoms with E-state index in [0.29, 0.717) is 23.2 Å². The summed E-state index contributed by atoms with van der Waals surface area (Å²) in [5, 5.41) is 0. The molecule has 2 aliphatic rings. The second-order valence-corrected chi connectivity index (χ2v) is 7.58. The maximum absolute atomic E-state index is 13.0. The molecule has 2 aromatic rings. The highest BCUT2D eigenvalue weighted by Crippen LogP contribution is 2.34. The number of fused-ring (bicyclic) bond motifs is 1. The maximum atomic E-state index is 13.0. The molecule has 136 valence electrons. The van der Waals surface area contributed by atoms with Gasteiger partial charge in [-0.05, 0) is 40.8 Å². The van der Waals surface area contributed by atoms with Crippen molar-refractivity contribution in [2.24, 2.45) is 5.92 Å². The maximum Gasteiger partial charge on any atom is 0.255 e. The molecule has 2 aromatic heterocycles. The molecule has 2 atom stereocenters. The lowest BCUT2D eigenvalue weighted by Gasteiger charge is -2.38. The van der Waals surface area contributed by atoms with Gasteiger partial charge in [0, 0.05) is 36.5 Å². The Kier molecular flexibility index (Phi) is 4.76. The van der Waals surface area contributed by atoms with E-state index >= 15 is 0 Å². The number of ether oxygens (including phenoxy) is 1. The normalized spacial score (nSPS) is 22.2. The van der Waals surface area contributed by atoms with Gasteiger partial charge in [-0.2, -0.15) is 0 Å². The van der Waals surface area contributed by atoms with Gasteiger partial charge >= 0.3 is 0 Å². The number of nitrogens with zero attached hydrogens (tertiary/aromatic N) is 5. The van der Waals surface area contributed by atoms with Gasteiger partial charge in [0.1, 0.15) is 0 Å². The minimum Gasteiger partial charge on any atom is -0.494 e. The highest BCUT2D eigenvalue weighted by Gasteiger charge is 2.41. The monoisotopic (exact) mass is 417 g/mol. The molecule has 2 aliphatic heterocycles. The summed E-state index contributed by atoms with van der Waals surface area (Å²) in [6, 6.07) is 2.01. The summed E-state index contributed by atoms with van der Waals surface area (Å²) in [6.07, 6.45) is 8.77. The van der Waals surface area contributed by atoms with Crippen molar-refractivity contribution >= 4 is 27.8 Å². The van der Waals surface area contributed by atoms with E-state index < -0.39 is 0 Å². The average Bonchev–Trinajstić information content (AvgIpc) is 3.10. The molecule has 0 spiro atoms. The number of piperidine rings is 1. The van der Waals surface area contributed by atoms with Crippen LogP contribution in [0.4, 0.5) is 5.95 Å². The van der Waals surface area contributed by atoms with E-state index in [9.17, 15) is 4.79 Å². The number of hydrogen-bond acceptors (Lipinski definition) is 6. The van der Waals surface area contributed by atoms with Gasteiger partial charge in [0.25, 0.3) is 5.91 Å². The molecule has 26 heavy (non-hydrogen) atoms. The van der Waals surface area contributed by atoms with Gasteiger partial charge in [0.15, 0.2) is 5.75 Å². The molecule has 4 rings (SSSR count). The molecule has 0 bridgehead atoms. The lowest BCUT2D eigenvalue weighted by Crippen LogP contribution is -2.50. The molecule has 0 radical (unpaired) electrons. The summed E-state index contributed by atoms with van der Waals surface area (Å²) in [6.45, 7) is 2.45. The van der Waals surface area contributed by atoms with E-state index in [1.165, 1.54) is 0 Å². The van der Waals surface area contributed by atoms with Crippen LogP contribution >= 0.6 is 15.9 Å². The van der Waals surface area contributed by atoms with Gasteiger partial charge in [0.2, 0.25) is 5.95 Å². The zero-order valence-corrected chi connectivity index (χ0v) is 16.1. The minimum absolute atomic E-state index is 0.0452. The second kappa shape index (κ2) is 7.19. The molecular formula is C18H20BrN5O2. The fourth-order valence-electron chi connectivity index (χ4n) is 3.85. The molecule has 0 N–H and O–H groups in total. The van der Waals surface area contributed by atoms with Crippen LogP contribution in [0.3, 0.4) is 0 Å². The molecule has 0 saturated carbocycles. The lowest BCUT2D eigenvalue weighted by molar-refractivity contribution is 0.0711. The summed E-state index contributed by atoms with van der Waals surface area (Å²) in [5.74, 6) is 1.91. The van der Waals surface area contributed by atoms with Crippen LogP contribution in [0.2, 0.25) is 0 Å². The van der Waals surface area contributed by atoms with Crippen molar-refractivity contribution in [2.75, 3.05) is 31.6 Å². The van der Waals surface area contributed by atoms with Crippen molar-refractivity contribution in [3.05, 3.63) is 40.9 Å². The predicted octanol–water partition coefficient (Wildman–Crippen LogP) is 2.38. The molecular weight excluding hydrogens is 398 g/mol. The third-order valence-electron chi connectivity index (χ3n) is 5.21. The summed E-state index contributed by atoms with van der Waals surface area (Å²) in [7, 11) is 1.60. The number of likely N-dealkylation sites (tertiary alicyclic amines) is 1. The summed E-state index contributed by atoms with van der Waals surface area (Å²) in [4.78, 5) is 30.0. The Morgan fingerprint density at radius 1 is 1.19 bits per heavy atom. The smallest absolute Gasteiger partial charge is 0.255 e. The molecule has 0 aromatic carbocycles. The Bertz CT molecular complexity index is 800. The molecule has 2 unspecified atom stereocenters. The summed E-state index contributed by atoms with van der Waals surface area (Å²) in [5.41, 5.74) is 0.623. The Labute approximate surface area is 160 Å². The van der Waals surface area contributed by atoms with Crippen molar-refractivity contribution in [2.45, 2.75) is 18.9 Å². The van der Waals surface area contributed by atoms with Crippen LogP contribution < -0.4 is 9.64 Å². The first kappa shape index (κ1) is 17.2. The Morgan fingerprint density at radius 2 is 1.96 bits per heavy atom. The number of carbonyl (C=O) groups is 1. The van der Waals surface area contributed by atoms with Gasteiger partial charge in [-0.3, -0.25) is 9.78 Å². The third kappa shape index (κ3) is 3.25. The SMILES string of the molecule is COc1cnc(N2CCC3CCN(C(=O)c4cncc(Br)c4)C3C2)nc1. The van der Waals surface area contributed by atoms with E-state index in [0.717, 1.165) is 36.9 Å². The number of rotatable bonds is 3. The van der Waals surface area contributed by atoms with Crippen molar-refractivity contribution in [3.8, 4) is 5.75 Å². The first-order valence-corrected chi connectivity index (χ1v) is 9.47. The molecule has 8 heteroatoms. The molecule has 0 aliphatic carbocycles. The number of methoxy groups -OCH3 is 1. The number of carbonyl (C=O) groups excluding carboxylic acids is 1. The molecule has 1 amide bonds. The topological polar surface area (TPSA) is 71.5 Å². The second-order valence-electron chi connectivity index (χ2n) is 6.66. The van der Waals surface area contributed by atoms with Crippen LogP contribution in [0.25, 0.3) is 0 Å². The van der Waals surface area contributed by atoms with Crippen LogP contribution in [0.1, 0.15) is 23.2 Å². The zero-order valence-electron chi connectivity index (χ0n) is 14.5. The molecule has 7 nitrogen and oxygen atoms in total. The predicted molar refractivity (Wildman–Crippen MR) is 100 cm³/mol. The largest absolute Gasteiger partial charge is 0.494 e. The quantitative estimate of drug-likeness (QED) is 0.763. The van der Waals surface area contributed by atoms with Crippen LogP contribution in [-0.2, 0) is 0 Å². The van der Waals surface area contributed by atoms with E-state index in [4.69, 9.17) is 4.74 Å². The standard InChI is InChI=1S/C18H20BrN5O2/c1-26-15-9-21-18(22-10-15)23-4-2-12-3-5-24(16(12)11-23)17(25)13-6-14(19)8-20-7-13/h6-10,12,16H,2-5,11H2,1H3. The Balaban J connectivity index is 1.52. The summed E-state index contributed by atoms with van der Waals surface area (Å²) >= 11 is 3.39. The van der Waals surface area contributed by atoms with Gasteiger partial charge in [-0.25, -0.2) is 9.97 Å². The van der Waals surface area contributed by atoms with E-state index in [1.807, 2.05) is 11.0 Å². The van der Waals surface area contributed by atoms with Gasteiger partial charge in [-0.15, -0.1) is 0 Å². The van der Waals surface area contributed by atoms with Crippen molar-refractivity contribution in [1.29, 1.82) is 0 Å². The number of amides is 1.